The van der Waals surface area contributed by atoms with Crippen molar-refractivity contribution in [3.8, 4) is 0 Å². The molecule has 2 saturated heterocycles. The molecule has 11 heteroatoms. The van der Waals surface area contributed by atoms with Crippen LogP contribution in [-0.4, -0.2) is 82.2 Å². The van der Waals surface area contributed by atoms with Crippen LogP contribution >= 0.6 is 24.0 Å². The Morgan fingerprint density at radius 3 is 2.52 bits per heavy atom. The van der Waals surface area contributed by atoms with Crippen LogP contribution in [-0.2, 0) is 10.0 Å². The minimum atomic E-state index is -3.21. The quantitative estimate of drug-likeness (QED) is 0.356. The van der Waals surface area contributed by atoms with Crippen LogP contribution in [0.2, 0.25) is 0 Å². The number of hydrogen-bond acceptors (Lipinski definition) is 4. The van der Waals surface area contributed by atoms with Crippen molar-refractivity contribution in [1.29, 1.82) is 0 Å². The van der Waals surface area contributed by atoms with Gasteiger partial charge in [0.15, 0.2) is 5.96 Å². The lowest BCUT2D eigenvalue weighted by atomic mass is 10.2. The molecule has 2 fully saturated rings. The summed E-state index contributed by atoms with van der Waals surface area (Å²) in [6.45, 7) is 3.35. The fraction of sp³-hybridized carbons (Fsp3) is 0.611. The first kappa shape index (κ1) is 24.1. The number of piperazine rings is 1. The molecule has 0 aromatic heterocycles. The van der Waals surface area contributed by atoms with Crippen LogP contribution in [0.3, 0.4) is 0 Å². The van der Waals surface area contributed by atoms with Gasteiger partial charge in [0, 0.05) is 58.4 Å². The lowest BCUT2D eigenvalue weighted by Crippen LogP contribution is -2.54. The number of anilines is 1. The minimum Gasteiger partial charge on any atom is -0.366 e. The molecule has 3 rings (SSSR count). The maximum atomic E-state index is 14.0. The molecule has 0 radical (unpaired) electrons. The van der Waals surface area contributed by atoms with Crippen molar-refractivity contribution in [2.75, 3.05) is 57.5 Å². The molecular weight excluding hydrogens is 515 g/mol. The number of nitrogens with zero attached hydrogens (tertiary/aromatic N) is 4. The molecule has 2 aliphatic rings. The highest BCUT2D eigenvalue weighted by atomic mass is 127. The van der Waals surface area contributed by atoms with E-state index < -0.39 is 21.7 Å². The van der Waals surface area contributed by atoms with Crippen LogP contribution in [0.5, 0.6) is 0 Å². The maximum absolute atomic E-state index is 14.0. The van der Waals surface area contributed by atoms with E-state index in [1.165, 1.54) is 16.6 Å². The van der Waals surface area contributed by atoms with Crippen LogP contribution < -0.4 is 10.2 Å². The summed E-state index contributed by atoms with van der Waals surface area (Å²) in [6.07, 6.45) is 2.92. The lowest BCUT2D eigenvalue weighted by molar-refractivity contribution is 0.354. The van der Waals surface area contributed by atoms with Gasteiger partial charge in [-0.05, 0) is 25.0 Å². The molecule has 1 aromatic carbocycles. The van der Waals surface area contributed by atoms with Crippen molar-refractivity contribution in [3.05, 3.63) is 29.8 Å². The lowest BCUT2D eigenvalue weighted by Gasteiger charge is -2.38. The van der Waals surface area contributed by atoms with Gasteiger partial charge in [-0.2, -0.15) is 4.31 Å². The Hall–Kier alpha value is -1.21. The van der Waals surface area contributed by atoms with Gasteiger partial charge in [-0.3, -0.25) is 4.99 Å². The molecule has 29 heavy (non-hydrogen) atoms. The van der Waals surface area contributed by atoms with Crippen molar-refractivity contribution < 1.29 is 17.2 Å². The first-order valence-corrected chi connectivity index (χ1v) is 11.3. The summed E-state index contributed by atoms with van der Waals surface area (Å²) in [7, 11) is -1.53. The molecule has 2 heterocycles. The van der Waals surface area contributed by atoms with Crippen molar-refractivity contribution in [2.45, 2.75) is 18.9 Å². The minimum absolute atomic E-state index is 0. The third kappa shape index (κ3) is 5.91. The van der Waals surface area contributed by atoms with E-state index in [0.29, 0.717) is 45.2 Å². The van der Waals surface area contributed by atoms with Crippen LogP contribution in [0.15, 0.2) is 23.2 Å². The second kappa shape index (κ2) is 10.2. The largest absolute Gasteiger partial charge is 0.366 e. The van der Waals surface area contributed by atoms with E-state index in [-0.39, 0.29) is 35.7 Å². The zero-order valence-electron chi connectivity index (χ0n) is 16.6. The number of guanidine groups is 1. The fourth-order valence-corrected chi connectivity index (χ4v) is 5.06. The third-order valence-electron chi connectivity index (χ3n) is 5.28. The Balaban J connectivity index is 0.00000300. The molecule has 0 spiro atoms. The van der Waals surface area contributed by atoms with E-state index in [9.17, 15) is 17.2 Å². The molecule has 0 aliphatic carbocycles. The topological polar surface area (TPSA) is 68.2 Å². The Morgan fingerprint density at radius 2 is 1.90 bits per heavy atom. The van der Waals surface area contributed by atoms with Crippen molar-refractivity contribution >= 4 is 45.6 Å². The molecule has 1 aromatic rings. The van der Waals surface area contributed by atoms with Gasteiger partial charge in [-0.1, -0.05) is 0 Å². The normalized spacial score (nSPS) is 21.2. The predicted molar refractivity (Wildman–Crippen MR) is 121 cm³/mol. The molecule has 1 N–H and O–H groups in total. The molecule has 0 amide bonds. The molecular formula is C18H28F2IN5O2S. The van der Waals surface area contributed by atoms with Gasteiger partial charge in [0.05, 0.1) is 11.9 Å². The van der Waals surface area contributed by atoms with Gasteiger partial charge in [0.2, 0.25) is 10.0 Å². The van der Waals surface area contributed by atoms with E-state index >= 15 is 0 Å². The van der Waals surface area contributed by atoms with Crippen LogP contribution in [0.25, 0.3) is 0 Å². The van der Waals surface area contributed by atoms with E-state index in [1.807, 2.05) is 9.80 Å². The zero-order valence-corrected chi connectivity index (χ0v) is 19.8. The summed E-state index contributed by atoms with van der Waals surface area (Å²) in [5, 5.41) is 3.28. The van der Waals surface area contributed by atoms with Crippen LogP contribution in [0.1, 0.15) is 12.8 Å². The smallest absolute Gasteiger partial charge is 0.211 e. The molecule has 2 aliphatic heterocycles. The number of rotatable bonds is 4. The number of aliphatic imine (C=N–C) groups is 1. The molecule has 1 atom stereocenters. The second-order valence-corrected chi connectivity index (χ2v) is 9.10. The predicted octanol–water partition coefficient (Wildman–Crippen LogP) is 1.70. The molecule has 7 nitrogen and oxygen atoms in total. The Bertz CT molecular complexity index is 832. The van der Waals surface area contributed by atoms with Gasteiger partial charge in [-0.15, -0.1) is 24.0 Å². The molecule has 164 valence electrons. The Morgan fingerprint density at radius 1 is 1.21 bits per heavy atom. The molecule has 0 saturated carbocycles. The number of halogens is 3. The van der Waals surface area contributed by atoms with E-state index in [2.05, 4.69) is 10.3 Å². The average Bonchev–Trinajstić information content (AvgIpc) is 3.14. The highest BCUT2D eigenvalue weighted by molar-refractivity contribution is 14.0. The summed E-state index contributed by atoms with van der Waals surface area (Å²) < 4.78 is 52.7. The van der Waals surface area contributed by atoms with Crippen molar-refractivity contribution in [2.24, 2.45) is 4.99 Å². The first-order valence-electron chi connectivity index (χ1n) is 9.42. The SMILES string of the molecule is CN=C(NC[C@H]1CCCN1S(C)(=O)=O)N1CCN(c2cc(F)ccc2F)CC1.I. The molecule has 0 bridgehead atoms. The summed E-state index contributed by atoms with van der Waals surface area (Å²) in [5.74, 6) is -0.192. The van der Waals surface area contributed by atoms with Gasteiger partial charge in [0.25, 0.3) is 0 Å². The average molecular weight is 543 g/mol. The zero-order chi connectivity index (χ0) is 20.3. The number of sulfonamides is 1. The van der Waals surface area contributed by atoms with Crippen molar-refractivity contribution in [1.82, 2.24) is 14.5 Å². The monoisotopic (exact) mass is 543 g/mol. The highest BCUT2D eigenvalue weighted by Crippen LogP contribution is 2.22. The summed E-state index contributed by atoms with van der Waals surface area (Å²) in [5.41, 5.74) is 0.275. The summed E-state index contributed by atoms with van der Waals surface area (Å²) in [4.78, 5) is 8.17. The maximum Gasteiger partial charge on any atom is 0.211 e. The first-order chi connectivity index (χ1) is 13.3. The van der Waals surface area contributed by atoms with Gasteiger partial charge in [-0.25, -0.2) is 17.2 Å². The van der Waals surface area contributed by atoms with Gasteiger partial charge < -0.3 is 15.1 Å². The molecule has 0 unspecified atom stereocenters. The third-order valence-corrected chi connectivity index (χ3v) is 6.62. The standard InChI is InChI=1S/C18H27F2N5O2S.HI/c1-21-18(22-13-15-4-3-7-25(15)28(2,26)27)24-10-8-23(9-11-24)17-12-14(19)5-6-16(17)20;/h5-6,12,15H,3-4,7-11,13H2,1-2H3,(H,21,22);1H/t15-;/m1./s1. The Kier molecular flexibility index (Phi) is 8.47. The van der Waals surface area contributed by atoms with Crippen molar-refractivity contribution in [3.63, 3.8) is 0 Å². The van der Waals surface area contributed by atoms with E-state index in [4.69, 9.17) is 0 Å². The van der Waals surface area contributed by atoms with Gasteiger partial charge >= 0.3 is 0 Å². The highest BCUT2D eigenvalue weighted by Gasteiger charge is 2.31. The fourth-order valence-electron chi connectivity index (χ4n) is 3.88. The van der Waals surface area contributed by atoms with E-state index in [1.54, 1.807) is 7.05 Å². The van der Waals surface area contributed by atoms with Gasteiger partial charge in [0.1, 0.15) is 11.6 Å². The number of benzene rings is 1. The van der Waals surface area contributed by atoms with E-state index in [0.717, 1.165) is 25.0 Å². The second-order valence-electron chi connectivity index (χ2n) is 7.17. The number of nitrogens with one attached hydrogen (secondary N) is 1. The summed E-state index contributed by atoms with van der Waals surface area (Å²) in [6, 6.07) is 3.41. The summed E-state index contributed by atoms with van der Waals surface area (Å²) >= 11 is 0. The Labute approximate surface area is 188 Å². The van der Waals surface area contributed by atoms with Crippen LogP contribution in [0.4, 0.5) is 14.5 Å². The number of hydrogen-bond donors (Lipinski definition) is 1. The van der Waals surface area contributed by atoms with Crippen LogP contribution in [0, 0.1) is 11.6 Å².